The van der Waals surface area contributed by atoms with Gasteiger partial charge in [0.2, 0.25) is 0 Å². The zero-order valence-electron chi connectivity index (χ0n) is 10.4. The van der Waals surface area contributed by atoms with Gasteiger partial charge in [0.15, 0.2) is 0 Å². The Kier molecular flexibility index (Phi) is 4.05. The second kappa shape index (κ2) is 5.55. The third-order valence-electron chi connectivity index (χ3n) is 2.93. The Morgan fingerprint density at radius 1 is 0.889 bits per heavy atom. The number of aliphatic hydroxyl groups is 1. The fourth-order valence-electron chi connectivity index (χ4n) is 2.14. The van der Waals surface area contributed by atoms with Crippen LogP contribution >= 0.6 is 11.6 Å². The lowest BCUT2D eigenvalue weighted by Gasteiger charge is -2.23. The van der Waals surface area contributed by atoms with Crippen molar-refractivity contribution in [1.29, 1.82) is 0 Å². The van der Waals surface area contributed by atoms with Crippen molar-refractivity contribution in [2.75, 3.05) is 0 Å². The van der Waals surface area contributed by atoms with Crippen LogP contribution in [0.1, 0.15) is 18.1 Å². The number of rotatable bonds is 4. The summed E-state index contributed by atoms with van der Waals surface area (Å²) in [6.45, 7) is 1.87. The molecule has 1 nitrogen and oxygen atoms in total. The predicted octanol–water partition coefficient (Wildman–Crippen LogP) is 3.88. The second-order valence-corrected chi connectivity index (χ2v) is 5.40. The van der Waals surface area contributed by atoms with E-state index < -0.39 is 5.60 Å². The summed E-state index contributed by atoms with van der Waals surface area (Å²) in [4.78, 5) is 0. The highest BCUT2D eigenvalue weighted by molar-refractivity contribution is 6.30. The Hall–Kier alpha value is -1.31. The first-order valence-electron chi connectivity index (χ1n) is 6.06. The van der Waals surface area contributed by atoms with E-state index in [4.69, 9.17) is 11.6 Å². The average Bonchev–Trinajstić information content (AvgIpc) is 2.32. The zero-order valence-corrected chi connectivity index (χ0v) is 11.2. The normalized spacial score (nSPS) is 14.2. The number of hydrogen-bond acceptors (Lipinski definition) is 1. The third-order valence-corrected chi connectivity index (χ3v) is 3.18. The SMILES string of the molecule is CC(O)(Cc1ccccc1)Cc1ccc(Cl)cc1. The number of halogens is 1. The number of benzene rings is 2. The first-order chi connectivity index (χ1) is 8.55. The van der Waals surface area contributed by atoms with Crippen molar-refractivity contribution >= 4 is 11.6 Å². The molecule has 0 heterocycles. The molecule has 0 spiro atoms. The van der Waals surface area contributed by atoms with E-state index in [9.17, 15) is 5.11 Å². The van der Waals surface area contributed by atoms with Crippen LogP contribution < -0.4 is 0 Å². The van der Waals surface area contributed by atoms with Crippen molar-refractivity contribution in [3.63, 3.8) is 0 Å². The molecule has 1 unspecified atom stereocenters. The van der Waals surface area contributed by atoms with Gasteiger partial charge in [-0.3, -0.25) is 0 Å². The maximum absolute atomic E-state index is 10.5. The van der Waals surface area contributed by atoms with E-state index in [-0.39, 0.29) is 0 Å². The van der Waals surface area contributed by atoms with E-state index in [1.807, 2.05) is 61.5 Å². The van der Waals surface area contributed by atoms with Crippen LogP contribution in [0.15, 0.2) is 54.6 Å². The molecule has 0 amide bonds. The van der Waals surface area contributed by atoms with Crippen LogP contribution in [0.25, 0.3) is 0 Å². The highest BCUT2D eigenvalue weighted by atomic mass is 35.5. The van der Waals surface area contributed by atoms with E-state index >= 15 is 0 Å². The molecule has 18 heavy (non-hydrogen) atoms. The Morgan fingerprint density at radius 3 is 1.94 bits per heavy atom. The lowest BCUT2D eigenvalue weighted by Crippen LogP contribution is -2.30. The standard InChI is InChI=1S/C16H17ClO/c1-16(18,11-13-5-3-2-4-6-13)12-14-7-9-15(17)10-8-14/h2-10,18H,11-12H2,1H3. The molecule has 0 saturated carbocycles. The first-order valence-corrected chi connectivity index (χ1v) is 6.44. The van der Waals surface area contributed by atoms with Crippen LogP contribution in [0.5, 0.6) is 0 Å². The van der Waals surface area contributed by atoms with E-state index in [1.54, 1.807) is 0 Å². The molecule has 0 bridgehead atoms. The van der Waals surface area contributed by atoms with Crippen LogP contribution in [0, 0.1) is 0 Å². The van der Waals surface area contributed by atoms with Crippen LogP contribution in [0.2, 0.25) is 5.02 Å². The van der Waals surface area contributed by atoms with Crippen molar-refractivity contribution in [2.45, 2.75) is 25.4 Å². The van der Waals surface area contributed by atoms with Gasteiger partial charge in [0.25, 0.3) is 0 Å². The van der Waals surface area contributed by atoms with Gasteiger partial charge < -0.3 is 5.11 Å². The summed E-state index contributed by atoms with van der Waals surface area (Å²) in [5.41, 5.74) is 1.51. The minimum atomic E-state index is -0.741. The summed E-state index contributed by atoms with van der Waals surface area (Å²) in [5.74, 6) is 0. The molecule has 2 rings (SSSR count). The van der Waals surface area contributed by atoms with Gasteiger partial charge in [-0.05, 0) is 30.2 Å². The fraction of sp³-hybridized carbons (Fsp3) is 0.250. The number of hydrogen-bond donors (Lipinski definition) is 1. The maximum Gasteiger partial charge on any atom is 0.0700 e. The summed E-state index contributed by atoms with van der Waals surface area (Å²) in [5, 5.41) is 11.2. The molecule has 0 aliphatic carbocycles. The Balaban J connectivity index is 2.05. The van der Waals surface area contributed by atoms with Gasteiger partial charge in [-0.2, -0.15) is 0 Å². The monoisotopic (exact) mass is 260 g/mol. The van der Waals surface area contributed by atoms with E-state index in [0.29, 0.717) is 12.8 Å². The largest absolute Gasteiger partial charge is 0.389 e. The van der Waals surface area contributed by atoms with Gasteiger partial charge in [-0.15, -0.1) is 0 Å². The highest BCUT2D eigenvalue weighted by Crippen LogP contribution is 2.20. The smallest absolute Gasteiger partial charge is 0.0700 e. The molecule has 0 aliphatic rings. The van der Waals surface area contributed by atoms with E-state index in [0.717, 1.165) is 16.1 Å². The third kappa shape index (κ3) is 3.86. The summed E-state index contributed by atoms with van der Waals surface area (Å²) in [6.07, 6.45) is 1.27. The van der Waals surface area contributed by atoms with Crippen molar-refractivity contribution in [1.82, 2.24) is 0 Å². The van der Waals surface area contributed by atoms with Crippen molar-refractivity contribution in [3.8, 4) is 0 Å². The maximum atomic E-state index is 10.5. The Bertz CT molecular complexity index is 488. The average molecular weight is 261 g/mol. The van der Waals surface area contributed by atoms with E-state index in [2.05, 4.69) is 0 Å². The lowest BCUT2D eigenvalue weighted by molar-refractivity contribution is 0.0608. The van der Waals surface area contributed by atoms with Crippen molar-refractivity contribution in [3.05, 3.63) is 70.7 Å². The molecule has 0 radical (unpaired) electrons. The van der Waals surface area contributed by atoms with Gasteiger partial charge >= 0.3 is 0 Å². The molecule has 2 heteroatoms. The molecule has 1 atom stereocenters. The van der Waals surface area contributed by atoms with Crippen molar-refractivity contribution < 1.29 is 5.11 Å². The molecule has 94 valence electrons. The van der Waals surface area contributed by atoms with Crippen LogP contribution in [-0.2, 0) is 12.8 Å². The molecule has 0 saturated heterocycles. The van der Waals surface area contributed by atoms with Gasteiger partial charge in [0.1, 0.15) is 0 Å². The van der Waals surface area contributed by atoms with Crippen molar-refractivity contribution in [2.24, 2.45) is 0 Å². The molecule has 0 aromatic heterocycles. The fourth-order valence-corrected chi connectivity index (χ4v) is 2.27. The minimum Gasteiger partial charge on any atom is -0.389 e. The zero-order chi connectivity index (χ0) is 13.0. The molecule has 1 N–H and O–H groups in total. The van der Waals surface area contributed by atoms with Gasteiger partial charge in [0.05, 0.1) is 5.60 Å². The van der Waals surface area contributed by atoms with Crippen LogP contribution in [0.4, 0.5) is 0 Å². The molecular formula is C16H17ClO. The summed E-state index contributed by atoms with van der Waals surface area (Å²) >= 11 is 5.85. The molecule has 0 fully saturated rings. The Labute approximate surface area is 113 Å². The summed E-state index contributed by atoms with van der Waals surface area (Å²) in [7, 11) is 0. The molecule has 2 aromatic rings. The van der Waals surface area contributed by atoms with Crippen LogP contribution in [-0.4, -0.2) is 10.7 Å². The molecular weight excluding hydrogens is 244 g/mol. The van der Waals surface area contributed by atoms with Crippen LogP contribution in [0.3, 0.4) is 0 Å². The highest BCUT2D eigenvalue weighted by Gasteiger charge is 2.21. The minimum absolute atomic E-state index is 0.624. The first kappa shape index (κ1) is 13.1. The Morgan fingerprint density at radius 2 is 1.39 bits per heavy atom. The quantitative estimate of drug-likeness (QED) is 0.885. The van der Waals surface area contributed by atoms with E-state index in [1.165, 1.54) is 0 Å². The second-order valence-electron chi connectivity index (χ2n) is 4.96. The summed E-state index contributed by atoms with van der Waals surface area (Å²) < 4.78 is 0. The van der Waals surface area contributed by atoms with Gasteiger partial charge in [-0.1, -0.05) is 54.1 Å². The molecule has 0 aliphatic heterocycles. The molecule has 2 aromatic carbocycles. The predicted molar refractivity (Wildman–Crippen MR) is 75.9 cm³/mol. The van der Waals surface area contributed by atoms with Gasteiger partial charge in [-0.25, -0.2) is 0 Å². The summed E-state index contributed by atoms with van der Waals surface area (Å²) in [6, 6.07) is 17.7. The lowest BCUT2D eigenvalue weighted by atomic mass is 9.90. The van der Waals surface area contributed by atoms with Gasteiger partial charge in [0, 0.05) is 17.9 Å². The topological polar surface area (TPSA) is 20.2 Å².